The second-order valence-electron chi connectivity index (χ2n) is 7.11. The van der Waals surface area contributed by atoms with Gasteiger partial charge in [-0.3, -0.25) is 4.79 Å². The molecule has 2 heterocycles. The molecule has 0 aliphatic carbocycles. The summed E-state index contributed by atoms with van der Waals surface area (Å²) in [6.07, 6.45) is 2.61. The van der Waals surface area contributed by atoms with Crippen molar-refractivity contribution in [2.75, 3.05) is 34.8 Å². The van der Waals surface area contributed by atoms with Gasteiger partial charge in [0.2, 0.25) is 0 Å². The van der Waals surface area contributed by atoms with Crippen LogP contribution in [0.5, 0.6) is 0 Å². The molecule has 1 aliphatic rings. The first-order valence-corrected chi connectivity index (χ1v) is 10.2. The van der Waals surface area contributed by atoms with Gasteiger partial charge in [-0.25, -0.2) is 4.98 Å². The number of rotatable bonds is 6. The lowest BCUT2D eigenvalue weighted by atomic mass is 10.2. The summed E-state index contributed by atoms with van der Waals surface area (Å²) < 4.78 is 0. The van der Waals surface area contributed by atoms with E-state index in [1.807, 2.05) is 29.2 Å². The molecule has 0 radical (unpaired) electrons. The number of hydrogen-bond donors (Lipinski definition) is 1. The van der Waals surface area contributed by atoms with Gasteiger partial charge in [0.1, 0.15) is 5.69 Å². The zero-order valence-electron chi connectivity index (χ0n) is 16.9. The summed E-state index contributed by atoms with van der Waals surface area (Å²) in [6.45, 7) is 7.00. The quantitative estimate of drug-likeness (QED) is 0.656. The van der Waals surface area contributed by atoms with Crippen LogP contribution in [0.15, 0.2) is 66.9 Å². The van der Waals surface area contributed by atoms with Crippen molar-refractivity contribution in [3.05, 3.63) is 78.1 Å². The van der Waals surface area contributed by atoms with E-state index in [2.05, 4.69) is 59.4 Å². The van der Waals surface area contributed by atoms with Crippen molar-refractivity contribution in [1.82, 2.24) is 4.98 Å². The molecule has 0 bridgehead atoms. The van der Waals surface area contributed by atoms with Crippen LogP contribution in [-0.2, 0) is 6.42 Å². The van der Waals surface area contributed by atoms with Gasteiger partial charge in [0.25, 0.3) is 5.91 Å². The van der Waals surface area contributed by atoms with E-state index < -0.39 is 0 Å². The summed E-state index contributed by atoms with van der Waals surface area (Å²) in [6, 6.07) is 20.1. The Morgan fingerprint density at radius 1 is 1.00 bits per heavy atom. The highest BCUT2D eigenvalue weighted by molar-refractivity contribution is 6.06. The molecule has 1 N–H and O–H groups in total. The highest BCUT2D eigenvalue weighted by atomic mass is 16.2. The minimum Gasteiger partial charge on any atom is -0.372 e. The molecule has 3 aromatic rings. The average molecular weight is 386 g/mol. The molecule has 1 amide bonds. The zero-order chi connectivity index (χ0) is 20.2. The number of aromatic nitrogens is 1. The lowest BCUT2D eigenvalue weighted by molar-refractivity contribution is 0.0984. The molecule has 1 aliphatic heterocycles. The van der Waals surface area contributed by atoms with Crippen molar-refractivity contribution in [3.8, 4) is 0 Å². The van der Waals surface area contributed by atoms with E-state index in [0.717, 1.165) is 36.6 Å². The summed E-state index contributed by atoms with van der Waals surface area (Å²) in [5, 5.41) is 3.35. The summed E-state index contributed by atoms with van der Waals surface area (Å²) in [4.78, 5) is 21.4. The number of nitrogens with zero attached hydrogens (tertiary/aromatic N) is 3. The fourth-order valence-electron chi connectivity index (χ4n) is 3.79. The van der Waals surface area contributed by atoms with Gasteiger partial charge in [0, 0.05) is 36.7 Å². The van der Waals surface area contributed by atoms with Gasteiger partial charge in [-0.15, -0.1) is 0 Å². The number of hydrogen-bond acceptors (Lipinski definition) is 4. The molecule has 5 nitrogen and oxygen atoms in total. The van der Waals surface area contributed by atoms with Crippen LogP contribution in [0.3, 0.4) is 0 Å². The molecule has 148 valence electrons. The lowest BCUT2D eigenvalue weighted by Crippen LogP contribution is -2.29. The van der Waals surface area contributed by atoms with E-state index in [4.69, 9.17) is 0 Å². The van der Waals surface area contributed by atoms with Crippen LogP contribution in [0.1, 0.15) is 29.9 Å². The van der Waals surface area contributed by atoms with Crippen LogP contribution in [-0.4, -0.2) is 30.5 Å². The van der Waals surface area contributed by atoms with Crippen LogP contribution in [0.2, 0.25) is 0 Å². The predicted molar refractivity (Wildman–Crippen MR) is 119 cm³/mol. The summed E-state index contributed by atoms with van der Waals surface area (Å²) >= 11 is 0. The molecule has 29 heavy (non-hydrogen) atoms. The Morgan fingerprint density at radius 3 is 2.41 bits per heavy atom. The van der Waals surface area contributed by atoms with Gasteiger partial charge < -0.3 is 15.1 Å². The third-order valence-corrected chi connectivity index (χ3v) is 5.40. The van der Waals surface area contributed by atoms with Crippen molar-refractivity contribution < 1.29 is 4.79 Å². The number of nitrogens with one attached hydrogen (secondary N) is 1. The third-order valence-electron chi connectivity index (χ3n) is 5.40. The largest absolute Gasteiger partial charge is 0.372 e. The SMILES string of the molecule is CCN(CC)c1ccc(Nc2ccc(C(=O)N3CCc4ccccc43)nc2)cc1. The molecule has 5 heteroatoms. The smallest absolute Gasteiger partial charge is 0.276 e. The first kappa shape index (κ1) is 19.0. The molecule has 0 spiro atoms. The Kier molecular flexibility index (Phi) is 5.47. The Bertz CT molecular complexity index is 979. The topological polar surface area (TPSA) is 48.5 Å². The van der Waals surface area contributed by atoms with E-state index in [1.54, 1.807) is 12.3 Å². The number of para-hydroxylation sites is 1. The van der Waals surface area contributed by atoms with Gasteiger partial charge in [-0.2, -0.15) is 0 Å². The number of carbonyl (C=O) groups is 1. The zero-order valence-corrected chi connectivity index (χ0v) is 16.9. The van der Waals surface area contributed by atoms with E-state index in [9.17, 15) is 4.79 Å². The number of carbonyl (C=O) groups excluding carboxylic acids is 1. The van der Waals surface area contributed by atoms with Crippen LogP contribution in [0.25, 0.3) is 0 Å². The molecule has 0 atom stereocenters. The summed E-state index contributed by atoms with van der Waals surface area (Å²) in [5.74, 6) is -0.0509. The monoisotopic (exact) mass is 386 g/mol. The molecule has 1 aromatic heterocycles. The maximum absolute atomic E-state index is 12.9. The van der Waals surface area contributed by atoms with Crippen molar-refractivity contribution in [3.63, 3.8) is 0 Å². The number of fused-ring (bicyclic) bond motifs is 1. The maximum Gasteiger partial charge on any atom is 0.276 e. The Hall–Kier alpha value is -3.34. The fraction of sp³-hybridized carbons (Fsp3) is 0.250. The van der Waals surface area contributed by atoms with E-state index in [-0.39, 0.29) is 5.91 Å². The number of amides is 1. The highest BCUT2D eigenvalue weighted by Crippen LogP contribution is 2.29. The molecule has 4 rings (SSSR count). The number of benzene rings is 2. The predicted octanol–water partition coefficient (Wildman–Crippen LogP) is 4.87. The Morgan fingerprint density at radius 2 is 1.72 bits per heavy atom. The van der Waals surface area contributed by atoms with Crippen LogP contribution < -0.4 is 15.1 Å². The normalized spacial score (nSPS) is 12.6. The molecule has 0 fully saturated rings. The molecule has 2 aromatic carbocycles. The van der Waals surface area contributed by atoms with Crippen LogP contribution in [0.4, 0.5) is 22.7 Å². The fourth-order valence-corrected chi connectivity index (χ4v) is 3.79. The second kappa shape index (κ2) is 8.35. The standard InChI is InChI=1S/C24H26N4O/c1-3-27(4-2)21-12-9-19(10-13-21)26-20-11-14-22(25-17-20)24(29)28-16-15-18-7-5-6-8-23(18)28/h5-14,17,26H,3-4,15-16H2,1-2H3. The summed E-state index contributed by atoms with van der Waals surface area (Å²) in [5.41, 5.74) is 5.74. The minimum atomic E-state index is -0.0509. The van der Waals surface area contributed by atoms with Gasteiger partial charge in [-0.05, 0) is 68.3 Å². The van der Waals surface area contributed by atoms with Crippen molar-refractivity contribution in [2.24, 2.45) is 0 Å². The third kappa shape index (κ3) is 3.94. The highest BCUT2D eigenvalue weighted by Gasteiger charge is 2.25. The molecule has 0 saturated heterocycles. The van der Waals surface area contributed by atoms with E-state index >= 15 is 0 Å². The van der Waals surface area contributed by atoms with Crippen LogP contribution >= 0.6 is 0 Å². The average Bonchev–Trinajstić information content (AvgIpc) is 3.20. The number of anilines is 4. The lowest BCUT2D eigenvalue weighted by Gasteiger charge is -2.21. The Labute approximate surface area is 172 Å². The number of pyridine rings is 1. The van der Waals surface area contributed by atoms with Gasteiger partial charge in [-0.1, -0.05) is 18.2 Å². The Balaban J connectivity index is 1.44. The van der Waals surface area contributed by atoms with E-state index in [1.165, 1.54) is 11.3 Å². The van der Waals surface area contributed by atoms with Crippen molar-refractivity contribution in [2.45, 2.75) is 20.3 Å². The first-order valence-electron chi connectivity index (χ1n) is 10.2. The van der Waals surface area contributed by atoms with Crippen molar-refractivity contribution >= 4 is 28.7 Å². The second-order valence-corrected chi connectivity index (χ2v) is 7.11. The summed E-state index contributed by atoms with van der Waals surface area (Å²) in [7, 11) is 0. The van der Waals surface area contributed by atoms with Gasteiger partial charge in [0.15, 0.2) is 0 Å². The van der Waals surface area contributed by atoms with Crippen molar-refractivity contribution in [1.29, 1.82) is 0 Å². The van der Waals surface area contributed by atoms with Gasteiger partial charge >= 0.3 is 0 Å². The molecular formula is C24H26N4O. The molecule has 0 unspecified atom stereocenters. The van der Waals surface area contributed by atoms with E-state index in [0.29, 0.717) is 12.2 Å². The van der Waals surface area contributed by atoms with Gasteiger partial charge in [0.05, 0.1) is 11.9 Å². The first-order chi connectivity index (χ1) is 14.2. The minimum absolute atomic E-state index is 0.0509. The van der Waals surface area contributed by atoms with Crippen LogP contribution in [0, 0.1) is 0 Å². The molecule has 0 saturated carbocycles. The maximum atomic E-state index is 12.9. The molecular weight excluding hydrogens is 360 g/mol.